The van der Waals surface area contributed by atoms with Crippen LogP contribution >= 0.6 is 11.8 Å². The minimum atomic E-state index is 0.279. The van der Waals surface area contributed by atoms with Crippen molar-refractivity contribution in [2.75, 3.05) is 19.0 Å². The second-order valence-electron chi connectivity index (χ2n) is 3.00. The highest BCUT2D eigenvalue weighted by molar-refractivity contribution is 7.99. The Labute approximate surface area is 79.4 Å². The lowest BCUT2D eigenvalue weighted by Gasteiger charge is -2.06. The van der Waals surface area contributed by atoms with Crippen molar-refractivity contribution in [1.29, 1.82) is 0 Å². The van der Waals surface area contributed by atoms with Crippen molar-refractivity contribution in [3.8, 4) is 0 Å². The Bertz CT molecular complexity index is 88.6. The van der Waals surface area contributed by atoms with Gasteiger partial charge in [0, 0.05) is 11.9 Å². The summed E-state index contributed by atoms with van der Waals surface area (Å²) in [7, 11) is 0. The Morgan fingerprint density at radius 3 is 2.33 bits per heavy atom. The van der Waals surface area contributed by atoms with Gasteiger partial charge in [-0.05, 0) is 18.6 Å². The summed E-state index contributed by atoms with van der Waals surface area (Å²) >= 11 is 1.82. The standard InChI is InChI=1S/C9H20O2S/c1-9(8-11)12-7-5-3-2-4-6-10/h9-11H,2-8H2,1H3. The Morgan fingerprint density at radius 1 is 1.08 bits per heavy atom. The molecule has 0 spiro atoms. The minimum Gasteiger partial charge on any atom is -0.396 e. The highest BCUT2D eigenvalue weighted by Crippen LogP contribution is 2.12. The molecule has 2 N–H and O–H groups in total. The summed E-state index contributed by atoms with van der Waals surface area (Å²) in [4.78, 5) is 0. The molecule has 0 aliphatic rings. The van der Waals surface area contributed by atoms with Gasteiger partial charge in [-0.2, -0.15) is 11.8 Å². The van der Waals surface area contributed by atoms with Crippen molar-refractivity contribution in [2.45, 2.75) is 37.9 Å². The number of hydrogen-bond acceptors (Lipinski definition) is 3. The molecule has 0 bridgehead atoms. The zero-order valence-electron chi connectivity index (χ0n) is 7.83. The van der Waals surface area contributed by atoms with Crippen molar-refractivity contribution in [1.82, 2.24) is 0 Å². The van der Waals surface area contributed by atoms with Crippen LogP contribution in [0.5, 0.6) is 0 Å². The van der Waals surface area contributed by atoms with Gasteiger partial charge in [0.15, 0.2) is 0 Å². The van der Waals surface area contributed by atoms with Gasteiger partial charge in [0.25, 0.3) is 0 Å². The predicted octanol–water partition coefficient (Wildman–Crippen LogP) is 1.65. The molecule has 0 amide bonds. The topological polar surface area (TPSA) is 40.5 Å². The molecule has 0 saturated heterocycles. The van der Waals surface area contributed by atoms with Gasteiger partial charge in [0.2, 0.25) is 0 Å². The lowest BCUT2D eigenvalue weighted by molar-refractivity contribution is 0.283. The number of rotatable bonds is 8. The van der Waals surface area contributed by atoms with E-state index in [1.807, 2.05) is 18.7 Å². The summed E-state index contributed by atoms with van der Waals surface area (Å²) in [5.74, 6) is 1.13. The molecular weight excluding hydrogens is 172 g/mol. The van der Waals surface area contributed by atoms with Crippen LogP contribution in [0.4, 0.5) is 0 Å². The third kappa shape index (κ3) is 8.37. The molecule has 0 aromatic carbocycles. The van der Waals surface area contributed by atoms with E-state index in [1.165, 1.54) is 12.8 Å². The number of hydrogen-bond donors (Lipinski definition) is 2. The Balaban J connectivity index is 2.90. The summed E-state index contributed by atoms with van der Waals surface area (Å²) in [6.45, 7) is 2.64. The summed E-state index contributed by atoms with van der Waals surface area (Å²) in [6.07, 6.45) is 4.46. The Morgan fingerprint density at radius 2 is 1.75 bits per heavy atom. The molecule has 74 valence electrons. The molecule has 1 atom stereocenters. The van der Waals surface area contributed by atoms with Gasteiger partial charge in [-0.1, -0.05) is 19.8 Å². The van der Waals surface area contributed by atoms with Crippen LogP contribution in [-0.2, 0) is 0 Å². The summed E-state index contributed by atoms with van der Waals surface area (Å²) in [6, 6.07) is 0. The fourth-order valence-corrected chi connectivity index (χ4v) is 1.78. The highest BCUT2D eigenvalue weighted by Gasteiger charge is 1.98. The second-order valence-corrected chi connectivity index (χ2v) is 4.55. The molecule has 0 aliphatic carbocycles. The predicted molar refractivity (Wildman–Crippen MR) is 54.6 cm³/mol. The number of aliphatic hydroxyl groups excluding tert-OH is 2. The smallest absolute Gasteiger partial charge is 0.0547 e. The SMILES string of the molecule is CC(CO)SCCCCCCO. The van der Waals surface area contributed by atoms with E-state index in [1.54, 1.807) is 0 Å². The monoisotopic (exact) mass is 192 g/mol. The highest BCUT2D eigenvalue weighted by atomic mass is 32.2. The average Bonchev–Trinajstić information content (AvgIpc) is 2.10. The minimum absolute atomic E-state index is 0.279. The van der Waals surface area contributed by atoms with Gasteiger partial charge in [0.05, 0.1) is 6.61 Å². The van der Waals surface area contributed by atoms with Crippen molar-refractivity contribution >= 4 is 11.8 Å². The number of unbranched alkanes of at least 4 members (excludes halogenated alkanes) is 3. The Hall–Kier alpha value is 0.270. The maximum absolute atomic E-state index is 8.72. The van der Waals surface area contributed by atoms with Crippen LogP contribution in [0.2, 0.25) is 0 Å². The van der Waals surface area contributed by atoms with Crippen LogP contribution in [0.1, 0.15) is 32.6 Å². The second kappa shape index (κ2) is 9.36. The summed E-state index contributed by atoms with van der Waals surface area (Å²) in [5.41, 5.74) is 0. The molecule has 2 nitrogen and oxygen atoms in total. The van der Waals surface area contributed by atoms with E-state index < -0.39 is 0 Å². The van der Waals surface area contributed by atoms with E-state index in [0.717, 1.165) is 18.6 Å². The Kier molecular flexibility index (Phi) is 9.57. The van der Waals surface area contributed by atoms with E-state index in [2.05, 4.69) is 0 Å². The van der Waals surface area contributed by atoms with Gasteiger partial charge in [-0.15, -0.1) is 0 Å². The third-order valence-electron chi connectivity index (χ3n) is 1.71. The van der Waals surface area contributed by atoms with E-state index in [0.29, 0.717) is 11.9 Å². The largest absolute Gasteiger partial charge is 0.396 e. The summed E-state index contributed by atoms with van der Waals surface area (Å²) in [5, 5.41) is 17.6. The molecule has 0 aromatic rings. The van der Waals surface area contributed by atoms with E-state index in [9.17, 15) is 0 Å². The van der Waals surface area contributed by atoms with Crippen LogP contribution in [0, 0.1) is 0 Å². The van der Waals surface area contributed by atoms with Gasteiger partial charge in [-0.25, -0.2) is 0 Å². The molecule has 0 heterocycles. The van der Waals surface area contributed by atoms with Crippen LogP contribution in [-0.4, -0.2) is 34.4 Å². The molecule has 0 aromatic heterocycles. The fourth-order valence-electron chi connectivity index (χ4n) is 0.905. The van der Waals surface area contributed by atoms with Crippen LogP contribution < -0.4 is 0 Å². The van der Waals surface area contributed by atoms with Crippen molar-refractivity contribution < 1.29 is 10.2 Å². The van der Waals surface area contributed by atoms with Crippen molar-refractivity contribution in [3.05, 3.63) is 0 Å². The third-order valence-corrected chi connectivity index (χ3v) is 2.95. The molecule has 0 aliphatic heterocycles. The van der Waals surface area contributed by atoms with Crippen LogP contribution in [0.15, 0.2) is 0 Å². The molecule has 3 heteroatoms. The molecule has 1 unspecified atom stereocenters. The first-order valence-electron chi connectivity index (χ1n) is 4.64. The van der Waals surface area contributed by atoms with Gasteiger partial charge in [-0.3, -0.25) is 0 Å². The summed E-state index contributed by atoms with van der Waals surface area (Å²) < 4.78 is 0. The molecule has 12 heavy (non-hydrogen) atoms. The molecule has 0 saturated carbocycles. The first-order valence-corrected chi connectivity index (χ1v) is 5.69. The molecule has 0 radical (unpaired) electrons. The van der Waals surface area contributed by atoms with Gasteiger partial charge in [0.1, 0.15) is 0 Å². The maximum Gasteiger partial charge on any atom is 0.0547 e. The fraction of sp³-hybridized carbons (Fsp3) is 1.00. The zero-order chi connectivity index (χ0) is 9.23. The normalized spacial score (nSPS) is 13.2. The van der Waals surface area contributed by atoms with E-state index in [4.69, 9.17) is 10.2 Å². The zero-order valence-corrected chi connectivity index (χ0v) is 8.65. The lowest BCUT2D eigenvalue weighted by atomic mass is 10.2. The van der Waals surface area contributed by atoms with Crippen molar-refractivity contribution in [2.24, 2.45) is 0 Å². The van der Waals surface area contributed by atoms with Gasteiger partial charge < -0.3 is 10.2 Å². The van der Waals surface area contributed by atoms with Crippen LogP contribution in [0.3, 0.4) is 0 Å². The molecule has 0 fully saturated rings. The lowest BCUT2D eigenvalue weighted by Crippen LogP contribution is -2.02. The van der Waals surface area contributed by atoms with Gasteiger partial charge >= 0.3 is 0 Å². The quantitative estimate of drug-likeness (QED) is 0.575. The first-order chi connectivity index (χ1) is 5.81. The van der Waals surface area contributed by atoms with Crippen LogP contribution in [0.25, 0.3) is 0 Å². The molecular formula is C9H20O2S. The maximum atomic E-state index is 8.72. The first kappa shape index (κ1) is 12.3. The molecule has 0 rings (SSSR count). The van der Waals surface area contributed by atoms with E-state index in [-0.39, 0.29) is 6.61 Å². The van der Waals surface area contributed by atoms with E-state index >= 15 is 0 Å². The van der Waals surface area contributed by atoms with Crippen molar-refractivity contribution in [3.63, 3.8) is 0 Å². The average molecular weight is 192 g/mol. The number of aliphatic hydroxyl groups is 2. The number of thioether (sulfide) groups is 1.